The summed E-state index contributed by atoms with van der Waals surface area (Å²) in [5, 5.41) is 14.2. The van der Waals surface area contributed by atoms with Crippen molar-refractivity contribution in [3.8, 4) is 0 Å². The SMILES string of the molecule is CNCc1cn(CC(=O)Nc2c(Cl)cccc2Cl)nn1. The second-order valence-corrected chi connectivity index (χ2v) is 4.90. The minimum atomic E-state index is -0.277. The van der Waals surface area contributed by atoms with Gasteiger partial charge in [0.25, 0.3) is 0 Å². The Hall–Kier alpha value is -1.63. The number of nitrogens with zero attached hydrogens (tertiary/aromatic N) is 3. The first-order chi connectivity index (χ1) is 9.60. The van der Waals surface area contributed by atoms with Crippen molar-refractivity contribution >= 4 is 34.8 Å². The molecule has 106 valence electrons. The van der Waals surface area contributed by atoms with Gasteiger partial charge >= 0.3 is 0 Å². The number of benzene rings is 1. The van der Waals surface area contributed by atoms with Gasteiger partial charge < -0.3 is 10.6 Å². The minimum absolute atomic E-state index is 0.0399. The lowest BCUT2D eigenvalue weighted by molar-refractivity contribution is -0.116. The fraction of sp³-hybridized carbons (Fsp3) is 0.250. The largest absolute Gasteiger partial charge is 0.322 e. The first kappa shape index (κ1) is 14.8. The number of hydrogen-bond acceptors (Lipinski definition) is 4. The molecule has 2 N–H and O–H groups in total. The second-order valence-electron chi connectivity index (χ2n) is 4.08. The van der Waals surface area contributed by atoms with Crippen LogP contribution in [0, 0.1) is 0 Å². The molecule has 20 heavy (non-hydrogen) atoms. The van der Waals surface area contributed by atoms with E-state index in [9.17, 15) is 4.79 Å². The summed E-state index contributed by atoms with van der Waals surface area (Å²) in [6, 6.07) is 5.02. The van der Waals surface area contributed by atoms with Crippen LogP contribution < -0.4 is 10.6 Å². The molecule has 1 amide bonds. The van der Waals surface area contributed by atoms with Crippen molar-refractivity contribution < 1.29 is 4.79 Å². The number of anilines is 1. The maximum Gasteiger partial charge on any atom is 0.246 e. The zero-order chi connectivity index (χ0) is 14.5. The number of halogens is 2. The number of carbonyl (C=O) groups excluding carboxylic acids is 1. The maximum absolute atomic E-state index is 11.9. The molecule has 2 rings (SSSR count). The number of amides is 1. The van der Waals surface area contributed by atoms with Gasteiger partial charge in [0, 0.05) is 6.54 Å². The molecule has 0 saturated carbocycles. The van der Waals surface area contributed by atoms with E-state index in [1.165, 1.54) is 4.68 Å². The van der Waals surface area contributed by atoms with E-state index in [2.05, 4.69) is 20.9 Å². The molecule has 8 heteroatoms. The van der Waals surface area contributed by atoms with E-state index in [0.717, 1.165) is 5.69 Å². The quantitative estimate of drug-likeness (QED) is 0.885. The molecule has 1 aromatic carbocycles. The van der Waals surface area contributed by atoms with Gasteiger partial charge in [-0.15, -0.1) is 5.10 Å². The Kier molecular flexibility index (Phi) is 4.94. The van der Waals surface area contributed by atoms with Crippen LogP contribution in [0.1, 0.15) is 5.69 Å². The van der Waals surface area contributed by atoms with E-state index >= 15 is 0 Å². The number of nitrogens with one attached hydrogen (secondary N) is 2. The van der Waals surface area contributed by atoms with Gasteiger partial charge in [0.15, 0.2) is 0 Å². The van der Waals surface area contributed by atoms with Crippen molar-refractivity contribution in [1.29, 1.82) is 0 Å². The normalized spacial score (nSPS) is 10.6. The Balaban J connectivity index is 2.01. The fourth-order valence-electron chi connectivity index (χ4n) is 1.62. The van der Waals surface area contributed by atoms with Crippen molar-refractivity contribution in [2.75, 3.05) is 12.4 Å². The molecule has 0 radical (unpaired) electrons. The van der Waals surface area contributed by atoms with Gasteiger partial charge in [0.05, 0.1) is 27.6 Å². The van der Waals surface area contributed by atoms with Crippen molar-refractivity contribution in [1.82, 2.24) is 20.3 Å². The van der Waals surface area contributed by atoms with Gasteiger partial charge in [0.2, 0.25) is 5.91 Å². The molecular formula is C12H13Cl2N5O. The smallest absolute Gasteiger partial charge is 0.246 e. The summed E-state index contributed by atoms with van der Waals surface area (Å²) in [5.41, 5.74) is 1.16. The van der Waals surface area contributed by atoms with E-state index in [1.54, 1.807) is 24.4 Å². The summed E-state index contributed by atoms with van der Waals surface area (Å²) in [6.07, 6.45) is 1.70. The molecule has 0 bridgehead atoms. The predicted octanol–water partition coefficient (Wildman–Crippen LogP) is 1.94. The van der Waals surface area contributed by atoms with Crippen LogP contribution in [0.25, 0.3) is 0 Å². The summed E-state index contributed by atoms with van der Waals surface area (Å²) >= 11 is 12.0. The Morgan fingerprint density at radius 3 is 2.70 bits per heavy atom. The van der Waals surface area contributed by atoms with E-state index < -0.39 is 0 Å². The Morgan fingerprint density at radius 1 is 1.35 bits per heavy atom. The van der Waals surface area contributed by atoms with Crippen LogP contribution in [0.3, 0.4) is 0 Å². The standard InChI is InChI=1S/C12H13Cl2N5O/c1-15-5-8-6-19(18-17-8)7-11(20)16-12-9(13)3-2-4-10(12)14/h2-4,6,15H,5,7H2,1H3,(H,16,20). The molecule has 1 aromatic heterocycles. The lowest BCUT2D eigenvalue weighted by Crippen LogP contribution is -2.19. The molecule has 0 saturated heterocycles. The van der Waals surface area contributed by atoms with Gasteiger partial charge in [-0.2, -0.15) is 0 Å². The fourth-order valence-corrected chi connectivity index (χ4v) is 2.11. The van der Waals surface area contributed by atoms with Gasteiger partial charge in [0.1, 0.15) is 6.54 Å². The van der Waals surface area contributed by atoms with Crippen molar-refractivity contribution in [2.45, 2.75) is 13.1 Å². The average Bonchev–Trinajstić information content (AvgIpc) is 2.82. The summed E-state index contributed by atoms with van der Waals surface area (Å²) in [6.45, 7) is 0.635. The van der Waals surface area contributed by atoms with Crippen LogP contribution in [0.4, 0.5) is 5.69 Å². The molecule has 0 fully saturated rings. The Labute approximate surface area is 126 Å². The highest BCUT2D eigenvalue weighted by molar-refractivity contribution is 6.39. The molecule has 0 aliphatic carbocycles. The molecule has 0 unspecified atom stereocenters. The van der Waals surface area contributed by atoms with Crippen LogP contribution in [0.5, 0.6) is 0 Å². The first-order valence-electron chi connectivity index (χ1n) is 5.87. The van der Waals surface area contributed by atoms with Crippen LogP contribution in [-0.4, -0.2) is 27.9 Å². The molecule has 0 aliphatic rings. The lowest BCUT2D eigenvalue weighted by atomic mass is 10.3. The van der Waals surface area contributed by atoms with E-state index in [1.807, 2.05) is 7.05 Å². The monoisotopic (exact) mass is 313 g/mol. The van der Waals surface area contributed by atoms with E-state index in [4.69, 9.17) is 23.2 Å². The summed E-state index contributed by atoms with van der Waals surface area (Å²) in [7, 11) is 1.81. The maximum atomic E-state index is 11.9. The molecule has 1 heterocycles. The summed E-state index contributed by atoms with van der Waals surface area (Å²) in [4.78, 5) is 11.9. The van der Waals surface area contributed by atoms with Crippen LogP contribution >= 0.6 is 23.2 Å². The van der Waals surface area contributed by atoms with Crippen molar-refractivity contribution in [2.24, 2.45) is 0 Å². The topological polar surface area (TPSA) is 71.8 Å². The third-order valence-electron chi connectivity index (χ3n) is 2.48. The molecule has 6 nitrogen and oxygen atoms in total. The highest BCUT2D eigenvalue weighted by Gasteiger charge is 2.11. The average molecular weight is 314 g/mol. The second kappa shape index (κ2) is 6.69. The number of rotatable bonds is 5. The highest BCUT2D eigenvalue weighted by Crippen LogP contribution is 2.29. The Morgan fingerprint density at radius 2 is 2.05 bits per heavy atom. The van der Waals surface area contributed by atoms with Crippen molar-refractivity contribution in [3.63, 3.8) is 0 Å². The summed E-state index contributed by atoms with van der Waals surface area (Å²) < 4.78 is 1.45. The van der Waals surface area contributed by atoms with Crippen LogP contribution in [-0.2, 0) is 17.9 Å². The first-order valence-corrected chi connectivity index (χ1v) is 6.63. The number of para-hydroxylation sites is 1. The van der Waals surface area contributed by atoms with Gasteiger partial charge in [-0.25, -0.2) is 4.68 Å². The third kappa shape index (κ3) is 3.69. The molecule has 0 aliphatic heterocycles. The van der Waals surface area contributed by atoms with Crippen LogP contribution in [0.15, 0.2) is 24.4 Å². The van der Waals surface area contributed by atoms with Gasteiger partial charge in [-0.1, -0.05) is 34.5 Å². The van der Waals surface area contributed by atoms with Crippen LogP contribution in [0.2, 0.25) is 10.0 Å². The molecule has 0 atom stereocenters. The zero-order valence-electron chi connectivity index (χ0n) is 10.7. The number of aromatic nitrogens is 3. The highest BCUT2D eigenvalue weighted by atomic mass is 35.5. The number of hydrogen-bond donors (Lipinski definition) is 2. The molecule has 2 aromatic rings. The van der Waals surface area contributed by atoms with E-state index in [0.29, 0.717) is 22.3 Å². The van der Waals surface area contributed by atoms with Gasteiger partial charge in [-0.05, 0) is 19.2 Å². The zero-order valence-corrected chi connectivity index (χ0v) is 12.2. The third-order valence-corrected chi connectivity index (χ3v) is 3.11. The lowest BCUT2D eigenvalue weighted by Gasteiger charge is -2.08. The molecule has 0 spiro atoms. The van der Waals surface area contributed by atoms with Gasteiger partial charge in [-0.3, -0.25) is 4.79 Å². The Bertz CT molecular complexity index is 593. The van der Waals surface area contributed by atoms with E-state index in [-0.39, 0.29) is 12.5 Å². The minimum Gasteiger partial charge on any atom is -0.322 e. The number of carbonyl (C=O) groups is 1. The predicted molar refractivity (Wildman–Crippen MR) is 77.9 cm³/mol. The molecular weight excluding hydrogens is 301 g/mol. The summed E-state index contributed by atoms with van der Waals surface area (Å²) in [5.74, 6) is -0.277. The van der Waals surface area contributed by atoms with Crippen molar-refractivity contribution in [3.05, 3.63) is 40.1 Å².